The molecule has 0 aromatic heterocycles. The molecule has 0 saturated carbocycles. The molecule has 3 N–H and O–H groups in total. The lowest BCUT2D eigenvalue weighted by atomic mass is 9.90. The number of benzene rings is 2. The maximum absolute atomic E-state index is 13.3. The lowest BCUT2D eigenvalue weighted by Crippen LogP contribution is -2.40. The van der Waals surface area contributed by atoms with Crippen LogP contribution in [-0.2, 0) is 11.3 Å². The smallest absolute Gasteiger partial charge is 0.317 e. The van der Waals surface area contributed by atoms with E-state index >= 15 is 0 Å². The molecule has 1 heterocycles. The number of rotatable bonds is 5. The highest BCUT2D eigenvalue weighted by Gasteiger charge is 2.42. The molecule has 0 spiro atoms. The fourth-order valence-corrected chi connectivity index (χ4v) is 3.19. The summed E-state index contributed by atoms with van der Waals surface area (Å²) in [5, 5.41) is 14.7. The number of nitrogens with one attached hydrogen (secondary N) is 2. The van der Waals surface area contributed by atoms with E-state index in [9.17, 15) is 23.9 Å². The highest BCUT2D eigenvalue weighted by Crippen LogP contribution is 2.30. The van der Waals surface area contributed by atoms with Crippen molar-refractivity contribution in [3.63, 3.8) is 0 Å². The van der Waals surface area contributed by atoms with Gasteiger partial charge in [0.1, 0.15) is 5.82 Å². The Kier molecular flexibility index (Phi) is 5.81. The molecule has 29 heavy (non-hydrogen) atoms. The van der Waals surface area contributed by atoms with Crippen molar-refractivity contribution in [2.24, 2.45) is 5.41 Å². The number of urea groups is 1. The molecule has 0 radical (unpaired) electrons. The summed E-state index contributed by atoms with van der Waals surface area (Å²) < 4.78 is 13.3. The molecule has 2 aromatic rings. The maximum Gasteiger partial charge on any atom is 0.317 e. The molecular weight excluding hydrogens is 377 g/mol. The van der Waals surface area contributed by atoms with E-state index in [4.69, 9.17) is 0 Å². The fourth-order valence-electron chi connectivity index (χ4n) is 3.19. The first-order chi connectivity index (χ1) is 13.8. The quantitative estimate of drug-likeness (QED) is 0.720. The van der Waals surface area contributed by atoms with Crippen molar-refractivity contribution < 1.29 is 23.9 Å². The highest BCUT2D eigenvalue weighted by molar-refractivity contribution is 6.04. The molecule has 0 aliphatic carbocycles. The molecule has 3 rings (SSSR count). The summed E-state index contributed by atoms with van der Waals surface area (Å²) in [6, 6.07) is 12.0. The van der Waals surface area contributed by atoms with Crippen LogP contribution in [0.3, 0.4) is 0 Å². The average Bonchev–Trinajstić information content (AvgIpc) is 3.10. The summed E-state index contributed by atoms with van der Waals surface area (Å²) in [5.41, 5.74) is 0.568. The lowest BCUT2D eigenvalue weighted by molar-refractivity contribution is -0.147. The van der Waals surface area contributed by atoms with Crippen LogP contribution in [0.25, 0.3) is 0 Å². The number of hydrogen-bond acceptors (Lipinski definition) is 3. The summed E-state index contributed by atoms with van der Waals surface area (Å²) >= 11 is 0. The molecule has 1 atom stereocenters. The van der Waals surface area contributed by atoms with E-state index < -0.39 is 23.1 Å². The number of carboxylic acids is 1. The maximum atomic E-state index is 13.3. The number of amides is 3. The third kappa shape index (κ3) is 4.90. The Morgan fingerprint density at radius 2 is 1.93 bits per heavy atom. The Hall–Kier alpha value is -3.42. The van der Waals surface area contributed by atoms with Gasteiger partial charge in [-0.05, 0) is 49.2 Å². The standard InChI is InChI=1S/C21H22FN3O4/c1-21(19(27)28)8-9-25(13-21)20(29)23-12-14-4-2-7-17(10-14)24-18(26)15-5-3-6-16(22)11-15/h2-7,10-11H,8-9,12-13H2,1H3,(H,23,29)(H,24,26)(H,27,28). The zero-order chi connectivity index (χ0) is 21.0. The number of hydrogen-bond donors (Lipinski definition) is 3. The predicted octanol–water partition coefficient (Wildman–Crippen LogP) is 3.08. The molecule has 1 aliphatic rings. The second kappa shape index (κ2) is 8.30. The molecule has 2 aromatic carbocycles. The number of likely N-dealkylation sites (tertiary alicyclic amines) is 1. The van der Waals surface area contributed by atoms with E-state index in [1.165, 1.54) is 23.1 Å². The second-order valence-corrected chi connectivity index (χ2v) is 7.36. The van der Waals surface area contributed by atoms with Gasteiger partial charge in [0.2, 0.25) is 0 Å². The van der Waals surface area contributed by atoms with E-state index in [0.717, 1.165) is 11.6 Å². The van der Waals surface area contributed by atoms with Crippen molar-refractivity contribution in [3.8, 4) is 0 Å². The van der Waals surface area contributed by atoms with Crippen molar-refractivity contribution in [1.82, 2.24) is 10.2 Å². The summed E-state index contributed by atoms with van der Waals surface area (Å²) in [6.07, 6.45) is 0.414. The van der Waals surface area contributed by atoms with Gasteiger partial charge in [0, 0.05) is 30.9 Å². The highest BCUT2D eigenvalue weighted by atomic mass is 19.1. The van der Waals surface area contributed by atoms with Crippen LogP contribution in [0, 0.1) is 11.2 Å². The minimum Gasteiger partial charge on any atom is -0.481 e. The van der Waals surface area contributed by atoms with Gasteiger partial charge < -0.3 is 20.6 Å². The number of carbonyl (C=O) groups is 3. The van der Waals surface area contributed by atoms with Crippen LogP contribution < -0.4 is 10.6 Å². The molecule has 3 amide bonds. The normalized spacial score (nSPS) is 18.3. The number of halogens is 1. The van der Waals surface area contributed by atoms with Crippen LogP contribution in [-0.4, -0.2) is 41.0 Å². The molecule has 8 heteroatoms. The average molecular weight is 399 g/mol. The molecule has 7 nitrogen and oxygen atoms in total. The Labute approximate surface area is 167 Å². The van der Waals surface area contributed by atoms with Crippen LogP contribution in [0.5, 0.6) is 0 Å². The van der Waals surface area contributed by atoms with Gasteiger partial charge in [0.15, 0.2) is 0 Å². The predicted molar refractivity (Wildman–Crippen MR) is 105 cm³/mol. The van der Waals surface area contributed by atoms with E-state index in [1.54, 1.807) is 31.2 Å². The van der Waals surface area contributed by atoms with Crippen LogP contribution in [0.4, 0.5) is 14.9 Å². The summed E-state index contributed by atoms with van der Waals surface area (Å²) in [5.74, 6) is -1.83. The zero-order valence-corrected chi connectivity index (χ0v) is 15.9. The van der Waals surface area contributed by atoms with Crippen LogP contribution in [0.1, 0.15) is 29.3 Å². The van der Waals surface area contributed by atoms with Gasteiger partial charge in [-0.25, -0.2) is 9.18 Å². The molecule has 1 aliphatic heterocycles. The first kappa shape index (κ1) is 20.3. The number of carboxylic acid groups (broad SMARTS) is 1. The number of nitrogens with zero attached hydrogens (tertiary/aromatic N) is 1. The third-order valence-corrected chi connectivity index (χ3v) is 4.99. The fraction of sp³-hybridized carbons (Fsp3) is 0.286. The monoisotopic (exact) mass is 399 g/mol. The van der Waals surface area contributed by atoms with Gasteiger partial charge in [0.05, 0.1) is 5.41 Å². The lowest BCUT2D eigenvalue weighted by Gasteiger charge is -2.20. The third-order valence-electron chi connectivity index (χ3n) is 4.99. The first-order valence-electron chi connectivity index (χ1n) is 9.19. The van der Waals surface area contributed by atoms with Gasteiger partial charge >= 0.3 is 12.0 Å². The molecular formula is C21H22FN3O4. The number of aliphatic carboxylic acids is 1. The van der Waals surface area contributed by atoms with Crippen molar-refractivity contribution in [2.75, 3.05) is 18.4 Å². The number of anilines is 1. The van der Waals surface area contributed by atoms with E-state index in [0.29, 0.717) is 18.7 Å². The van der Waals surface area contributed by atoms with Crippen LogP contribution in [0.15, 0.2) is 48.5 Å². The molecule has 1 fully saturated rings. The molecule has 1 saturated heterocycles. The summed E-state index contributed by atoms with van der Waals surface area (Å²) in [7, 11) is 0. The topological polar surface area (TPSA) is 98.7 Å². The van der Waals surface area contributed by atoms with E-state index in [-0.39, 0.29) is 24.7 Å². The Balaban J connectivity index is 1.57. The van der Waals surface area contributed by atoms with Gasteiger partial charge in [-0.2, -0.15) is 0 Å². The van der Waals surface area contributed by atoms with Gasteiger partial charge in [-0.3, -0.25) is 9.59 Å². The molecule has 1 unspecified atom stereocenters. The molecule has 152 valence electrons. The van der Waals surface area contributed by atoms with Crippen molar-refractivity contribution in [2.45, 2.75) is 19.9 Å². The van der Waals surface area contributed by atoms with Gasteiger partial charge in [-0.1, -0.05) is 18.2 Å². The second-order valence-electron chi connectivity index (χ2n) is 7.36. The van der Waals surface area contributed by atoms with Gasteiger partial charge in [0.25, 0.3) is 5.91 Å². The van der Waals surface area contributed by atoms with Crippen molar-refractivity contribution in [1.29, 1.82) is 0 Å². The number of carbonyl (C=O) groups excluding carboxylic acids is 2. The zero-order valence-electron chi connectivity index (χ0n) is 15.9. The minimum atomic E-state index is -0.918. The summed E-state index contributed by atoms with van der Waals surface area (Å²) in [4.78, 5) is 37.4. The van der Waals surface area contributed by atoms with Crippen molar-refractivity contribution in [3.05, 3.63) is 65.5 Å². The van der Waals surface area contributed by atoms with Crippen LogP contribution in [0.2, 0.25) is 0 Å². The van der Waals surface area contributed by atoms with E-state index in [2.05, 4.69) is 10.6 Å². The Morgan fingerprint density at radius 1 is 1.17 bits per heavy atom. The summed E-state index contributed by atoms with van der Waals surface area (Å²) in [6.45, 7) is 2.41. The molecule has 0 bridgehead atoms. The van der Waals surface area contributed by atoms with Crippen LogP contribution >= 0.6 is 0 Å². The largest absolute Gasteiger partial charge is 0.481 e. The van der Waals surface area contributed by atoms with Gasteiger partial charge in [-0.15, -0.1) is 0 Å². The SMILES string of the molecule is CC1(C(=O)O)CCN(C(=O)NCc2cccc(NC(=O)c3cccc(F)c3)c2)C1. The minimum absolute atomic E-state index is 0.165. The van der Waals surface area contributed by atoms with Crippen molar-refractivity contribution >= 4 is 23.6 Å². The van der Waals surface area contributed by atoms with E-state index in [1.807, 2.05) is 0 Å². The first-order valence-corrected chi connectivity index (χ1v) is 9.19. The Morgan fingerprint density at radius 3 is 2.62 bits per heavy atom. The Bertz CT molecular complexity index is 949.